The van der Waals surface area contributed by atoms with E-state index in [1.165, 1.54) is 60.3 Å². The van der Waals surface area contributed by atoms with Gasteiger partial charge in [-0.1, -0.05) is 74.7 Å². The maximum absolute atomic E-state index is 6.50. The van der Waals surface area contributed by atoms with E-state index in [1.807, 2.05) is 36.4 Å². The lowest BCUT2D eigenvalue weighted by atomic mass is 9.56. The highest BCUT2D eigenvalue weighted by Crippen LogP contribution is 2.22. The van der Waals surface area contributed by atoms with E-state index in [2.05, 4.69) is 75.6 Å². The van der Waals surface area contributed by atoms with Gasteiger partial charge in [-0.15, -0.1) is 16.4 Å². The molecule has 3 aromatic carbocycles. The zero-order valence-electron chi connectivity index (χ0n) is 21.7. The third kappa shape index (κ3) is 4.03. The minimum atomic E-state index is 0.457. The van der Waals surface area contributed by atoms with Gasteiger partial charge in [-0.3, -0.25) is 0 Å². The third-order valence-electron chi connectivity index (χ3n) is 7.86. The summed E-state index contributed by atoms with van der Waals surface area (Å²) in [5.74, 6) is 0.651. The summed E-state index contributed by atoms with van der Waals surface area (Å²) in [6.07, 6.45) is 0. The fraction of sp³-hybridized carbons (Fsp3) is 0. The molecular formula is C22H24B9ClN2. The van der Waals surface area contributed by atoms with Crippen LogP contribution in [0.15, 0.2) is 36.4 Å². The lowest BCUT2D eigenvalue weighted by molar-refractivity contribution is 1.18. The molecule has 1 heterocycles. The van der Waals surface area contributed by atoms with Crippen molar-refractivity contribution in [1.82, 2.24) is 9.97 Å². The molecule has 2 nitrogen and oxygen atoms in total. The molecule has 0 radical (unpaired) electrons. The number of aromatic nitrogens is 2. The van der Waals surface area contributed by atoms with Crippen molar-refractivity contribution in [1.29, 1.82) is 0 Å². The summed E-state index contributed by atoms with van der Waals surface area (Å²) in [5.41, 5.74) is 17.7. The van der Waals surface area contributed by atoms with Gasteiger partial charge in [0.25, 0.3) is 0 Å². The van der Waals surface area contributed by atoms with Gasteiger partial charge in [0.2, 0.25) is 0 Å². The normalized spacial score (nSPS) is 11.0. The van der Waals surface area contributed by atoms with Crippen LogP contribution in [0, 0.1) is 0 Å². The van der Waals surface area contributed by atoms with Crippen molar-refractivity contribution in [3.8, 4) is 33.8 Å². The van der Waals surface area contributed by atoms with Crippen molar-refractivity contribution in [2.45, 2.75) is 0 Å². The fourth-order valence-corrected chi connectivity index (χ4v) is 5.39. The van der Waals surface area contributed by atoms with Gasteiger partial charge >= 0.3 is 0 Å². The van der Waals surface area contributed by atoms with Gasteiger partial charge in [-0.05, 0) is 16.7 Å². The molecule has 12 heteroatoms. The minimum Gasteiger partial charge on any atom is -0.228 e. The molecule has 0 amide bonds. The maximum Gasteiger partial charge on any atom is 0.161 e. The average molecular weight is 449 g/mol. The minimum absolute atomic E-state index is 0.457. The topological polar surface area (TPSA) is 25.8 Å². The molecule has 0 saturated heterocycles. The Bertz CT molecular complexity index is 1400. The molecule has 0 unspecified atom stereocenters. The van der Waals surface area contributed by atoms with E-state index in [4.69, 9.17) is 16.6 Å². The number of rotatable bonds is 3. The molecule has 0 spiro atoms. The Kier molecular flexibility index (Phi) is 6.79. The van der Waals surface area contributed by atoms with Gasteiger partial charge < -0.3 is 0 Å². The Hall–Kier alpha value is -2.39. The summed E-state index contributed by atoms with van der Waals surface area (Å²) in [6, 6.07) is 11.9. The van der Waals surface area contributed by atoms with Crippen LogP contribution in [0.2, 0.25) is 5.15 Å². The number of hydrogen-bond donors (Lipinski definition) is 0. The summed E-state index contributed by atoms with van der Waals surface area (Å²) in [6.45, 7) is 0. The standard InChI is InChI=1S/C22H24B9ClN2/c23-13-10(8-6-9(32)34-22(33-8)7-4-2-1-3-5-7)14(24)16(26)11(15(13)25)12-17(27)19(29)21(31)20(30)18(12)28/h1-6H,23-31H2. The summed E-state index contributed by atoms with van der Waals surface area (Å²) in [7, 11) is 20.1. The fourth-order valence-electron chi connectivity index (χ4n) is 5.21. The van der Waals surface area contributed by atoms with E-state index in [0.717, 1.165) is 16.8 Å². The highest BCUT2D eigenvalue weighted by molar-refractivity contribution is 6.70. The smallest absolute Gasteiger partial charge is 0.161 e. The van der Waals surface area contributed by atoms with Crippen LogP contribution in [0.25, 0.3) is 33.8 Å². The number of hydrogen-bond acceptors (Lipinski definition) is 2. The van der Waals surface area contributed by atoms with Gasteiger partial charge in [0.05, 0.1) is 5.69 Å². The van der Waals surface area contributed by atoms with Crippen molar-refractivity contribution < 1.29 is 0 Å². The molecule has 0 fully saturated rings. The maximum atomic E-state index is 6.50. The Morgan fingerprint density at radius 3 is 1.41 bits per heavy atom. The first kappa shape index (κ1) is 24.7. The lowest BCUT2D eigenvalue weighted by Gasteiger charge is -2.27. The van der Waals surface area contributed by atoms with Crippen LogP contribution in [0.5, 0.6) is 0 Å². The quantitative estimate of drug-likeness (QED) is 0.230. The molecule has 4 rings (SSSR count). The van der Waals surface area contributed by atoms with Crippen molar-refractivity contribution in [3.63, 3.8) is 0 Å². The molecule has 156 valence electrons. The van der Waals surface area contributed by atoms with Crippen molar-refractivity contribution in [3.05, 3.63) is 41.6 Å². The first-order chi connectivity index (χ1) is 16.0. The van der Waals surface area contributed by atoms with Crippen LogP contribution in [-0.4, -0.2) is 80.6 Å². The summed E-state index contributed by atoms with van der Waals surface area (Å²) in [5, 5.41) is 0.457. The van der Waals surface area contributed by atoms with E-state index >= 15 is 0 Å². The van der Waals surface area contributed by atoms with Crippen LogP contribution < -0.4 is 49.2 Å². The predicted octanol–water partition coefficient (Wildman–Crippen LogP) is -9.54. The van der Waals surface area contributed by atoms with Crippen molar-refractivity contribution in [2.24, 2.45) is 0 Å². The third-order valence-corrected chi connectivity index (χ3v) is 8.05. The molecule has 0 atom stereocenters. The first-order valence-electron chi connectivity index (χ1n) is 11.8. The number of halogens is 1. The van der Waals surface area contributed by atoms with Crippen LogP contribution in [0.3, 0.4) is 0 Å². The highest BCUT2D eigenvalue weighted by Gasteiger charge is 2.22. The molecule has 0 aliphatic rings. The van der Waals surface area contributed by atoms with E-state index in [0.29, 0.717) is 11.0 Å². The zero-order valence-corrected chi connectivity index (χ0v) is 22.5. The summed E-state index contributed by atoms with van der Waals surface area (Å²) in [4.78, 5) is 9.46. The van der Waals surface area contributed by atoms with Gasteiger partial charge in [-0.25, -0.2) is 9.97 Å². The zero-order chi connectivity index (χ0) is 24.9. The Balaban J connectivity index is 2.01. The largest absolute Gasteiger partial charge is 0.228 e. The molecule has 0 saturated carbocycles. The molecule has 0 N–H and O–H groups in total. The van der Waals surface area contributed by atoms with Crippen LogP contribution in [0.4, 0.5) is 0 Å². The molecule has 1 aromatic heterocycles. The van der Waals surface area contributed by atoms with Crippen molar-refractivity contribution >= 4 is 131 Å². The molecule has 0 aliphatic heterocycles. The van der Waals surface area contributed by atoms with Gasteiger partial charge in [-0.2, -0.15) is 0 Å². The van der Waals surface area contributed by atoms with Gasteiger partial charge in [0.1, 0.15) is 75.8 Å². The second-order valence-corrected chi connectivity index (χ2v) is 9.90. The number of benzene rings is 3. The Labute approximate surface area is 216 Å². The first-order valence-corrected chi connectivity index (χ1v) is 12.2. The molecule has 0 aliphatic carbocycles. The summed E-state index contributed by atoms with van der Waals surface area (Å²) < 4.78 is 0. The SMILES string of the molecule is Bc1c(B)c(B)c(-c2c(B)c(B)c(-c3cc(Cl)nc(-c4ccccc4)n3)c(B)c2B)c(B)c1B. The Morgan fingerprint density at radius 2 is 0.912 bits per heavy atom. The second-order valence-electron chi connectivity index (χ2n) is 9.52. The van der Waals surface area contributed by atoms with E-state index < -0.39 is 0 Å². The second kappa shape index (κ2) is 9.34. The highest BCUT2D eigenvalue weighted by atomic mass is 35.5. The van der Waals surface area contributed by atoms with E-state index in [9.17, 15) is 0 Å². The average Bonchev–Trinajstić information content (AvgIpc) is 2.82. The van der Waals surface area contributed by atoms with Crippen LogP contribution in [0.1, 0.15) is 0 Å². The molecule has 0 bridgehead atoms. The predicted molar refractivity (Wildman–Crippen MR) is 177 cm³/mol. The molecule has 4 aromatic rings. The van der Waals surface area contributed by atoms with Crippen LogP contribution in [-0.2, 0) is 0 Å². The summed E-state index contributed by atoms with van der Waals surface area (Å²) >= 11 is 6.50. The van der Waals surface area contributed by atoms with Crippen molar-refractivity contribution in [2.75, 3.05) is 0 Å². The molecular weight excluding hydrogens is 425 g/mol. The van der Waals surface area contributed by atoms with Crippen LogP contribution >= 0.6 is 11.6 Å². The molecule has 34 heavy (non-hydrogen) atoms. The van der Waals surface area contributed by atoms with Gasteiger partial charge in [0.15, 0.2) is 5.82 Å². The monoisotopic (exact) mass is 450 g/mol. The lowest BCUT2D eigenvalue weighted by Crippen LogP contribution is -2.57. The van der Waals surface area contributed by atoms with E-state index in [-0.39, 0.29) is 0 Å². The van der Waals surface area contributed by atoms with Gasteiger partial charge in [0, 0.05) is 11.6 Å². The Morgan fingerprint density at radius 1 is 0.500 bits per heavy atom. The number of nitrogens with zero attached hydrogens (tertiary/aromatic N) is 2. The van der Waals surface area contributed by atoms with E-state index in [1.54, 1.807) is 0 Å².